The molecule has 0 unspecified atom stereocenters. The van der Waals surface area contributed by atoms with Crippen molar-refractivity contribution in [2.24, 2.45) is 0 Å². The van der Waals surface area contributed by atoms with Gasteiger partial charge in [0.15, 0.2) is 0 Å². The van der Waals surface area contributed by atoms with Gasteiger partial charge in [-0.05, 0) is 127 Å². The van der Waals surface area contributed by atoms with E-state index in [9.17, 15) is 0 Å². The smallest absolute Gasteiger partial charge is 0.00199 e. The largest absolute Gasteiger partial charge is 0.0610 e. The predicted molar refractivity (Wildman–Crippen MR) is 203 cm³/mol. The van der Waals surface area contributed by atoms with Crippen LogP contribution in [0, 0.1) is 0 Å². The molecule has 218 valence electrons. The fraction of sp³-hybridized carbons (Fsp3) is 0. The second-order valence-electron chi connectivity index (χ2n) is 13.5. The fourth-order valence-corrected chi connectivity index (χ4v) is 9.41. The molecule has 12 rings (SSSR count). The molecule has 0 heteroatoms. The number of benzene rings is 9. The predicted octanol–water partition coefficient (Wildman–Crippen LogP) is 13.4. The van der Waals surface area contributed by atoms with Gasteiger partial charge in [-0.15, -0.1) is 0 Å². The molecular formula is C48H26. The molecule has 0 amide bonds. The minimum Gasteiger partial charge on any atom is -0.0610 e. The van der Waals surface area contributed by atoms with Gasteiger partial charge in [0.1, 0.15) is 0 Å². The van der Waals surface area contributed by atoms with E-state index in [4.69, 9.17) is 0 Å². The molecule has 0 saturated heterocycles. The topological polar surface area (TPSA) is 0 Å². The lowest BCUT2D eigenvalue weighted by molar-refractivity contribution is 1.61. The molecule has 0 spiro atoms. The van der Waals surface area contributed by atoms with Gasteiger partial charge in [0.2, 0.25) is 0 Å². The molecular weight excluding hydrogens is 577 g/mol. The van der Waals surface area contributed by atoms with Crippen LogP contribution in [0.5, 0.6) is 0 Å². The molecule has 0 aromatic heterocycles. The Hall–Kier alpha value is -6.24. The quantitative estimate of drug-likeness (QED) is 0.185. The molecule has 0 heterocycles. The molecule has 0 bridgehead atoms. The summed E-state index contributed by atoms with van der Waals surface area (Å²) < 4.78 is 0. The molecule has 48 heavy (non-hydrogen) atoms. The molecule has 0 N–H and O–H groups in total. The van der Waals surface area contributed by atoms with Gasteiger partial charge < -0.3 is 0 Å². The summed E-state index contributed by atoms with van der Waals surface area (Å²) >= 11 is 0. The van der Waals surface area contributed by atoms with Crippen molar-refractivity contribution in [2.75, 3.05) is 0 Å². The van der Waals surface area contributed by atoms with Crippen molar-refractivity contribution >= 4 is 32.3 Å². The number of fused-ring (bicyclic) bond motifs is 9. The molecule has 0 aliphatic heterocycles. The van der Waals surface area contributed by atoms with Crippen molar-refractivity contribution in [1.29, 1.82) is 0 Å². The van der Waals surface area contributed by atoms with Crippen LogP contribution in [0.3, 0.4) is 0 Å². The normalized spacial score (nSPS) is 12.6. The van der Waals surface area contributed by atoms with Crippen LogP contribution in [0.4, 0.5) is 0 Å². The Kier molecular flexibility index (Phi) is 4.55. The fourth-order valence-electron chi connectivity index (χ4n) is 9.41. The van der Waals surface area contributed by atoms with Gasteiger partial charge in [-0.1, -0.05) is 152 Å². The summed E-state index contributed by atoms with van der Waals surface area (Å²) in [4.78, 5) is 0. The second-order valence-corrected chi connectivity index (χ2v) is 13.5. The summed E-state index contributed by atoms with van der Waals surface area (Å²) in [5.74, 6) is 0. The van der Waals surface area contributed by atoms with Gasteiger partial charge in [0.25, 0.3) is 0 Å². The molecule has 0 fully saturated rings. The van der Waals surface area contributed by atoms with Crippen LogP contribution in [-0.4, -0.2) is 0 Å². The molecule has 3 aliphatic carbocycles. The van der Waals surface area contributed by atoms with E-state index >= 15 is 0 Å². The van der Waals surface area contributed by atoms with Crippen molar-refractivity contribution in [3.8, 4) is 89.0 Å². The van der Waals surface area contributed by atoms with Crippen molar-refractivity contribution < 1.29 is 0 Å². The molecule has 0 nitrogen and oxygen atoms in total. The number of hydrogen-bond acceptors (Lipinski definition) is 0. The molecule has 0 saturated carbocycles. The highest BCUT2D eigenvalue weighted by molar-refractivity contribution is 6.23. The van der Waals surface area contributed by atoms with Crippen molar-refractivity contribution in [3.63, 3.8) is 0 Å². The van der Waals surface area contributed by atoms with E-state index in [0.29, 0.717) is 0 Å². The number of hydrogen-bond donors (Lipinski definition) is 0. The first-order chi connectivity index (χ1) is 23.8. The van der Waals surface area contributed by atoms with Crippen LogP contribution in [0.1, 0.15) is 0 Å². The minimum absolute atomic E-state index is 1.27. The van der Waals surface area contributed by atoms with E-state index in [1.54, 1.807) is 0 Å². The van der Waals surface area contributed by atoms with E-state index in [2.05, 4.69) is 158 Å². The zero-order valence-electron chi connectivity index (χ0n) is 26.0. The van der Waals surface area contributed by atoms with Gasteiger partial charge in [-0.25, -0.2) is 0 Å². The standard InChI is InChI=1S/C48H26/c1-8-27-10-3-20-41-44(27)35(13-1)37-17-5-12-30(46(37)41)29-22-23-32-40-25-24-31(33-15-7-19-39(47(33)40)43(32)26-29)34-16-6-18-38-36-14-2-9-28-11-4-21-42(45(28)36)48(34)38/h1-26H. The third-order valence-corrected chi connectivity index (χ3v) is 11.3. The van der Waals surface area contributed by atoms with Crippen LogP contribution in [0.25, 0.3) is 121 Å². The van der Waals surface area contributed by atoms with Gasteiger partial charge in [0, 0.05) is 0 Å². The molecule has 9 aromatic carbocycles. The maximum atomic E-state index is 2.44. The Balaban J connectivity index is 1.06. The average Bonchev–Trinajstić information content (AvgIpc) is 3.78. The average molecular weight is 603 g/mol. The van der Waals surface area contributed by atoms with Crippen LogP contribution in [-0.2, 0) is 0 Å². The minimum atomic E-state index is 1.27. The Morgan fingerprint density at radius 3 is 1.29 bits per heavy atom. The van der Waals surface area contributed by atoms with Gasteiger partial charge in [-0.3, -0.25) is 0 Å². The van der Waals surface area contributed by atoms with Crippen LogP contribution < -0.4 is 0 Å². The van der Waals surface area contributed by atoms with Crippen LogP contribution >= 0.6 is 0 Å². The van der Waals surface area contributed by atoms with Crippen LogP contribution in [0.2, 0.25) is 0 Å². The van der Waals surface area contributed by atoms with Gasteiger partial charge in [0.05, 0.1) is 0 Å². The monoisotopic (exact) mass is 602 g/mol. The maximum Gasteiger partial charge on any atom is -0.00199 e. The highest BCUT2D eigenvalue weighted by Crippen LogP contribution is 2.56. The number of rotatable bonds is 2. The van der Waals surface area contributed by atoms with E-state index < -0.39 is 0 Å². The Morgan fingerprint density at radius 1 is 0.229 bits per heavy atom. The van der Waals surface area contributed by atoms with Gasteiger partial charge >= 0.3 is 0 Å². The van der Waals surface area contributed by atoms with Crippen molar-refractivity contribution in [1.82, 2.24) is 0 Å². The van der Waals surface area contributed by atoms with E-state index in [1.807, 2.05) is 0 Å². The van der Waals surface area contributed by atoms with Gasteiger partial charge in [-0.2, -0.15) is 0 Å². The first kappa shape index (κ1) is 24.9. The van der Waals surface area contributed by atoms with Crippen LogP contribution in [0.15, 0.2) is 158 Å². The molecule has 9 aromatic rings. The lowest BCUT2D eigenvalue weighted by atomic mass is 9.89. The summed E-state index contributed by atoms with van der Waals surface area (Å²) in [5.41, 5.74) is 21.3. The Morgan fingerprint density at radius 2 is 0.646 bits per heavy atom. The zero-order valence-corrected chi connectivity index (χ0v) is 26.0. The second kappa shape index (κ2) is 8.76. The SMILES string of the molecule is c1cc(-c2ccc3c(c2)-c2cccc4c(-c5cccc6c5-c5cccc7cccc-6c57)ccc-3c24)c2c(c1)-c1cccc3cccc-2c13. The Bertz CT molecular complexity index is 2930. The van der Waals surface area contributed by atoms with Crippen molar-refractivity contribution in [2.45, 2.75) is 0 Å². The lowest BCUT2D eigenvalue weighted by Crippen LogP contribution is -1.87. The first-order valence-corrected chi connectivity index (χ1v) is 16.9. The van der Waals surface area contributed by atoms with E-state index in [0.717, 1.165) is 0 Å². The summed E-state index contributed by atoms with van der Waals surface area (Å²) in [6.45, 7) is 0. The molecule has 3 aliphatic rings. The maximum absolute atomic E-state index is 2.44. The highest BCUT2D eigenvalue weighted by atomic mass is 14.3. The third kappa shape index (κ3) is 2.97. The highest BCUT2D eigenvalue weighted by Gasteiger charge is 2.29. The van der Waals surface area contributed by atoms with E-state index in [-0.39, 0.29) is 0 Å². The summed E-state index contributed by atoms with van der Waals surface area (Å²) in [6.07, 6.45) is 0. The Labute approximate surface area is 278 Å². The first-order valence-electron chi connectivity index (χ1n) is 16.9. The summed E-state index contributed by atoms with van der Waals surface area (Å²) in [6, 6.07) is 59.3. The molecule has 0 radical (unpaired) electrons. The summed E-state index contributed by atoms with van der Waals surface area (Å²) in [5, 5.41) is 8.05. The lowest BCUT2D eigenvalue weighted by Gasteiger charge is -2.14. The molecule has 0 atom stereocenters. The van der Waals surface area contributed by atoms with E-state index in [1.165, 1.54) is 121 Å². The summed E-state index contributed by atoms with van der Waals surface area (Å²) in [7, 11) is 0. The van der Waals surface area contributed by atoms with Crippen molar-refractivity contribution in [3.05, 3.63) is 158 Å². The zero-order chi connectivity index (χ0) is 31.1. The third-order valence-electron chi connectivity index (χ3n) is 11.3.